The first-order valence-electron chi connectivity index (χ1n) is 10.1. The molecule has 1 aliphatic heterocycles. The number of rotatable bonds is 8. The van der Waals surface area contributed by atoms with Crippen LogP contribution in [-0.4, -0.2) is 54.5 Å². The molecule has 1 N–H and O–H groups in total. The summed E-state index contributed by atoms with van der Waals surface area (Å²) in [6.45, 7) is 8.07. The van der Waals surface area contributed by atoms with Crippen LogP contribution in [0.4, 0.5) is 4.39 Å². The minimum atomic E-state index is -0.252. The molecule has 0 radical (unpaired) electrons. The van der Waals surface area contributed by atoms with E-state index >= 15 is 0 Å². The third-order valence-electron chi connectivity index (χ3n) is 5.18. The number of nitrogens with zero attached hydrogens (tertiary/aromatic N) is 2. The van der Waals surface area contributed by atoms with Crippen LogP contribution in [0.3, 0.4) is 0 Å². The first kappa shape index (κ1) is 20.5. The number of halogens is 1. The fourth-order valence-corrected chi connectivity index (χ4v) is 3.70. The molecule has 2 aromatic carbocycles. The summed E-state index contributed by atoms with van der Waals surface area (Å²) in [5.74, 6) is -0.225. The Labute approximate surface area is 167 Å². The molecule has 0 aromatic heterocycles. The van der Waals surface area contributed by atoms with Gasteiger partial charge in [0.2, 0.25) is 5.91 Å². The van der Waals surface area contributed by atoms with Gasteiger partial charge in [0, 0.05) is 51.7 Å². The van der Waals surface area contributed by atoms with Crippen molar-refractivity contribution in [3.8, 4) is 0 Å². The summed E-state index contributed by atoms with van der Waals surface area (Å²) in [7, 11) is 0. The quantitative estimate of drug-likeness (QED) is 0.761. The lowest BCUT2D eigenvalue weighted by molar-refractivity contribution is -0.121. The molecule has 2 aromatic rings. The van der Waals surface area contributed by atoms with Crippen LogP contribution in [0.15, 0.2) is 54.6 Å². The Morgan fingerprint density at radius 1 is 1.00 bits per heavy atom. The topological polar surface area (TPSA) is 35.6 Å². The van der Waals surface area contributed by atoms with E-state index in [4.69, 9.17) is 0 Å². The van der Waals surface area contributed by atoms with Crippen molar-refractivity contribution >= 4 is 5.91 Å². The SMILES string of the molecule is CC(CN1CCN(Cc2ccccc2)CC1)NC(=O)CCc1cccc(F)c1. The zero-order chi connectivity index (χ0) is 19.8. The molecular weight excluding hydrogens is 353 g/mol. The summed E-state index contributed by atoms with van der Waals surface area (Å²) in [4.78, 5) is 17.1. The van der Waals surface area contributed by atoms with Gasteiger partial charge in [-0.05, 0) is 36.6 Å². The van der Waals surface area contributed by atoms with Crippen LogP contribution >= 0.6 is 0 Å². The molecule has 150 valence electrons. The summed E-state index contributed by atoms with van der Waals surface area (Å²) in [6, 6.07) is 17.1. The molecule has 1 atom stereocenters. The molecule has 1 saturated heterocycles. The Balaban J connectivity index is 1.33. The predicted molar refractivity (Wildman–Crippen MR) is 110 cm³/mol. The molecule has 1 unspecified atom stereocenters. The fourth-order valence-electron chi connectivity index (χ4n) is 3.70. The maximum atomic E-state index is 13.2. The van der Waals surface area contributed by atoms with Gasteiger partial charge in [0.1, 0.15) is 5.82 Å². The molecule has 1 aliphatic rings. The maximum Gasteiger partial charge on any atom is 0.220 e. The molecule has 0 bridgehead atoms. The number of carbonyl (C=O) groups is 1. The van der Waals surface area contributed by atoms with E-state index in [9.17, 15) is 9.18 Å². The van der Waals surface area contributed by atoms with Gasteiger partial charge in [-0.25, -0.2) is 4.39 Å². The van der Waals surface area contributed by atoms with Crippen LogP contribution < -0.4 is 5.32 Å². The Hall–Kier alpha value is -2.24. The minimum absolute atomic E-state index is 0.0273. The van der Waals surface area contributed by atoms with E-state index in [-0.39, 0.29) is 17.8 Å². The number of benzene rings is 2. The zero-order valence-corrected chi connectivity index (χ0v) is 16.6. The van der Waals surface area contributed by atoms with Crippen molar-refractivity contribution in [2.75, 3.05) is 32.7 Å². The molecule has 5 heteroatoms. The van der Waals surface area contributed by atoms with Crippen molar-refractivity contribution in [1.29, 1.82) is 0 Å². The Morgan fingerprint density at radius 2 is 1.68 bits per heavy atom. The van der Waals surface area contributed by atoms with Gasteiger partial charge in [-0.15, -0.1) is 0 Å². The second-order valence-corrected chi connectivity index (χ2v) is 7.66. The lowest BCUT2D eigenvalue weighted by Crippen LogP contribution is -2.50. The smallest absolute Gasteiger partial charge is 0.220 e. The predicted octanol–water partition coefficient (Wildman–Crippen LogP) is 3.08. The standard InChI is InChI=1S/C23H30FN3O/c1-19(25-23(28)11-10-20-8-5-9-22(24)16-20)17-26-12-14-27(15-13-26)18-21-6-3-2-4-7-21/h2-9,16,19H,10-15,17-18H2,1H3,(H,25,28). The van der Waals surface area contributed by atoms with Crippen LogP contribution in [0, 0.1) is 5.82 Å². The van der Waals surface area contributed by atoms with Crippen molar-refractivity contribution in [1.82, 2.24) is 15.1 Å². The first-order chi connectivity index (χ1) is 13.6. The van der Waals surface area contributed by atoms with E-state index in [1.54, 1.807) is 6.07 Å². The average Bonchev–Trinajstić information content (AvgIpc) is 2.69. The number of amides is 1. The number of hydrogen-bond donors (Lipinski definition) is 1. The lowest BCUT2D eigenvalue weighted by atomic mass is 10.1. The van der Waals surface area contributed by atoms with Crippen molar-refractivity contribution in [3.05, 3.63) is 71.5 Å². The van der Waals surface area contributed by atoms with Gasteiger partial charge >= 0.3 is 0 Å². The fraction of sp³-hybridized carbons (Fsp3) is 0.435. The molecule has 28 heavy (non-hydrogen) atoms. The summed E-state index contributed by atoms with van der Waals surface area (Å²) >= 11 is 0. The molecule has 1 heterocycles. The molecule has 1 fully saturated rings. The summed E-state index contributed by atoms with van der Waals surface area (Å²) in [5, 5.41) is 3.08. The normalized spacial score (nSPS) is 16.6. The van der Waals surface area contributed by atoms with Crippen LogP contribution in [0.2, 0.25) is 0 Å². The third-order valence-corrected chi connectivity index (χ3v) is 5.18. The first-order valence-corrected chi connectivity index (χ1v) is 10.1. The minimum Gasteiger partial charge on any atom is -0.352 e. The van der Waals surface area contributed by atoms with Crippen LogP contribution in [0.5, 0.6) is 0 Å². The van der Waals surface area contributed by atoms with Gasteiger partial charge in [-0.3, -0.25) is 14.6 Å². The second kappa shape index (κ2) is 10.3. The average molecular weight is 384 g/mol. The van der Waals surface area contributed by atoms with Gasteiger partial charge in [0.05, 0.1) is 0 Å². The highest BCUT2D eigenvalue weighted by atomic mass is 19.1. The summed E-state index contributed by atoms with van der Waals surface area (Å²) in [6.07, 6.45) is 0.952. The highest BCUT2D eigenvalue weighted by Crippen LogP contribution is 2.09. The zero-order valence-electron chi connectivity index (χ0n) is 16.6. The summed E-state index contributed by atoms with van der Waals surface area (Å²) < 4.78 is 13.2. The molecule has 0 saturated carbocycles. The lowest BCUT2D eigenvalue weighted by Gasteiger charge is -2.36. The van der Waals surface area contributed by atoms with Crippen molar-refractivity contribution in [2.45, 2.75) is 32.4 Å². The Kier molecular flexibility index (Phi) is 7.57. The van der Waals surface area contributed by atoms with Gasteiger partial charge in [-0.1, -0.05) is 42.5 Å². The molecule has 1 amide bonds. The van der Waals surface area contributed by atoms with E-state index in [1.807, 2.05) is 6.07 Å². The van der Waals surface area contributed by atoms with Gasteiger partial charge in [0.15, 0.2) is 0 Å². The van der Waals surface area contributed by atoms with E-state index in [0.717, 1.165) is 44.8 Å². The van der Waals surface area contributed by atoms with Crippen LogP contribution in [0.25, 0.3) is 0 Å². The Morgan fingerprint density at radius 3 is 2.39 bits per heavy atom. The summed E-state index contributed by atoms with van der Waals surface area (Å²) in [5.41, 5.74) is 2.22. The third kappa shape index (κ3) is 6.73. The Bertz CT molecular complexity index is 745. The highest BCUT2D eigenvalue weighted by molar-refractivity contribution is 5.76. The molecule has 3 rings (SSSR count). The van der Waals surface area contributed by atoms with Gasteiger partial charge < -0.3 is 5.32 Å². The molecular formula is C23H30FN3O. The monoisotopic (exact) mass is 383 g/mol. The van der Waals surface area contributed by atoms with E-state index in [1.165, 1.54) is 17.7 Å². The maximum absolute atomic E-state index is 13.2. The number of hydrogen-bond acceptors (Lipinski definition) is 3. The van der Waals surface area contributed by atoms with E-state index in [2.05, 4.69) is 52.4 Å². The molecule has 0 aliphatic carbocycles. The second-order valence-electron chi connectivity index (χ2n) is 7.66. The molecule has 4 nitrogen and oxygen atoms in total. The molecule has 0 spiro atoms. The van der Waals surface area contributed by atoms with Crippen LogP contribution in [0.1, 0.15) is 24.5 Å². The van der Waals surface area contributed by atoms with Crippen molar-refractivity contribution in [2.24, 2.45) is 0 Å². The van der Waals surface area contributed by atoms with Gasteiger partial charge in [-0.2, -0.15) is 0 Å². The number of aryl methyl sites for hydroxylation is 1. The van der Waals surface area contributed by atoms with Crippen molar-refractivity contribution < 1.29 is 9.18 Å². The highest BCUT2D eigenvalue weighted by Gasteiger charge is 2.19. The van der Waals surface area contributed by atoms with Crippen LogP contribution in [-0.2, 0) is 17.8 Å². The number of piperazine rings is 1. The van der Waals surface area contributed by atoms with E-state index < -0.39 is 0 Å². The van der Waals surface area contributed by atoms with Crippen molar-refractivity contribution in [3.63, 3.8) is 0 Å². The largest absolute Gasteiger partial charge is 0.352 e. The number of carbonyl (C=O) groups excluding carboxylic acids is 1. The van der Waals surface area contributed by atoms with Gasteiger partial charge in [0.25, 0.3) is 0 Å². The van der Waals surface area contributed by atoms with E-state index in [0.29, 0.717) is 12.8 Å². The number of nitrogens with one attached hydrogen (secondary N) is 1.